The van der Waals surface area contributed by atoms with E-state index in [4.69, 9.17) is 0 Å². The standard InChI is InChI=1S/C15H23NO3S/c1-10(2)8-13(17)16-12(15(18)19)9-20-14(16)11-6-4-3-5-7-11/h8,11-12,14H,3-7,9H2,1-2H3,(H,18,19)/p-1/t12-,14-/m1/s1. The molecule has 4 nitrogen and oxygen atoms in total. The second kappa shape index (κ2) is 6.66. The smallest absolute Gasteiger partial charge is 0.247 e. The van der Waals surface area contributed by atoms with E-state index in [9.17, 15) is 14.7 Å². The summed E-state index contributed by atoms with van der Waals surface area (Å²) in [7, 11) is 0. The van der Waals surface area contributed by atoms with Crippen molar-refractivity contribution in [3.05, 3.63) is 11.6 Å². The van der Waals surface area contributed by atoms with Crippen LogP contribution in [-0.4, -0.2) is 33.9 Å². The Kier molecular flexibility index (Phi) is 5.13. The molecule has 0 spiro atoms. The van der Waals surface area contributed by atoms with Crippen molar-refractivity contribution < 1.29 is 14.7 Å². The molecule has 1 saturated carbocycles. The van der Waals surface area contributed by atoms with Crippen molar-refractivity contribution in [1.82, 2.24) is 4.90 Å². The zero-order valence-electron chi connectivity index (χ0n) is 12.1. The first-order valence-electron chi connectivity index (χ1n) is 7.30. The maximum absolute atomic E-state index is 12.4. The predicted molar refractivity (Wildman–Crippen MR) is 77.9 cm³/mol. The molecule has 1 heterocycles. The maximum Gasteiger partial charge on any atom is 0.247 e. The Morgan fingerprint density at radius 2 is 1.85 bits per heavy atom. The Morgan fingerprint density at radius 3 is 2.40 bits per heavy atom. The van der Waals surface area contributed by atoms with Crippen LogP contribution in [0.25, 0.3) is 0 Å². The molecule has 20 heavy (non-hydrogen) atoms. The number of thioether (sulfide) groups is 1. The molecule has 0 aromatic carbocycles. The van der Waals surface area contributed by atoms with Gasteiger partial charge in [-0.1, -0.05) is 24.8 Å². The lowest BCUT2D eigenvalue weighted by atomic mass is 9.88. The topological polar surface area (TPSA) is 60.4 Å². The van der Waals surface area contributed by atoms with Gasteiger partial charge >= 0.3 is 0 Å². The van der Waals surface area contributed by atoms with Crippen molar-refractivity contribution in [2.45, 2.75) is 57.4 Å². The van der Waals surface area contributed by atoms with Gasteiger partial charge in [0.15, 0.2) is 0 Å². The number of carboxylic acids is 1. The normalized spacial score (nSPS) is 27.4. The summed E-state index contributed by atoms with van der Waals surface area (Å²) >= 11 is 1.60. The molecule has 0 radical (unpaired) electrons. The summed E-state index contributed by atoms with van der Waals surface area (Å²) in [5.74, 6) is -0.440. The van der Waals surface area contributed by atoms with Gasteiger partial charge in [0, 0.05) is 11.8 Å². The van der Waals surface area contributed by atoms with Gasteiger partial charge in [-0.3, -0.25) is 4.79 Å². The molecule has 112 valence electrons. The van der Waals surface area contributed by atoms with Crippen molar-refractivity contribution in [3.63, 3.8) is 0 Å². The summed E-state index contributed by atoms with van der Waals surface area (Å²) in [6, 6.07) is -0.782. The van der Waals surface area contributed by atoms with Gasteiger partial charge in [0.05, 0.1) is 17.4 Å². The van der Waals surface area contributed by atoms with Crippen LogP contribution in [0.5, 0.6) is 0 Å². The number of nitrogens with zero attached hydrogens (tertiary/aromatic N) is 1. The van der Waals surface area contributed by atoms with Crippen molar-refractivity contribution in [2.24, 2.45) is 5.92 Å². The Morgan fingerprint density at radius 1 is 1.20 bits per heavy atom. The fraction of sp³-hybridized carbons (Fsp3) is 0.733. The van der Waals surface area contributed by atoms with Crippen LogP contribution in [0.3, 0.4) is 0 Å². The van der Waals surface area contributed by atoms with E-state index in [0.29, 0.717) is 11.7 Å². The quantitative estimate of drug-likeness (QED) is 0.741. The van der Waals surface area contributed by atoms with Crippen LogP contribution in [0.15, 0.2) is 11.6 Å². The highest BCUT2D eigenvalue weighted by Crippen LogP contribution is 2.40. The molecular formula is C15H22NO3S-. The highest BCUT2D eigenvalue weighted by atomic mass is 32.2. The molecule has 2 fully saturated rings. The lowest BCUT2D eigenvalue weighted by Gasteiger charge is -2.35. The number of carbonyl (C=O) groups excluding carboxylic acids is 2. The van der Waals surface area contributed by atoms with Crippen LogP contribution in [0.1, 0.15) is 46.0 Å². The Labute approximate surface area is 124 Å². The number of hydrogen-bond acceptors (Lipinski definition) is 4. The van der Waals surface area contributed by atoms with E-state index >= 15 is 0 Å². The number of carboxylic acid groups (broad SMARTS) is 1. The third kappa shape index (κ3) is 3.37. The molecule has 0 unspecified atom stereocenters. The van der Waals surface area contributed by atoms with Crippen LogP contribution in [0, 0.1) is 5.92 Å². The molecule has 1 aliphatic carbocycles. The van der Waals surface area contributed by atoms with Crippen LogP contribution in [0.2, 0.25) is 0 Å². The SMILES string of the molecule is CC(C)=CC(=O)N1[C@@H](C(=O)[O-])CS[C@@H]1C1CCCCC1. The number of rotatable bonds is 3. The Hall–Kier alpha value is -0.970. The third-order valence-corrected chi connectivity index (χ3v) is 5.49. The van der Waals surface area contributed by atoms with Gasteiger partial charge in [-0.25, -0.2) is 0 Å². The second-order valence-corrected chi connectivity index (χ2v) is 7.07. The molecule has 5 heteroatoms. The van der Waals surface area contributed by atoms with E-state index < -0.39 is 12.0 Å². The zero-order chi connectivity index (χ0) is 14.7. The van der Waals surface area contributed by atoms with E-state index in [1.807, 2.05) is 13.8 Å². The predicted octanol–water partition coefficient (Wildman–Crippen LogP) is 1.55. The molecular weight excluding hydrogens is 274 g/mol. The molecule has 0 bridgehead atoms. The number of amides is 1. The first-order chi connectivity index (χ1) is 9.50. The zero-order valence-corrected chi connectivity index (χ0v) is 12.9. The lowest BCUT2D eigenvalue weighted by Crippen LogP contribution is -2.52. The molecule has 2 aliphatic rings. The van der Waals surface area contributed by atoms with Crippen molar-refractivity contribution in [3.8, 4) is 0 Å². The summed E-state index contributed by atoms with van der Waals surface area (Å²) in [4.78, 5) is 25.2. The van der Waals surface area contributed by atoms with Crippen LogP contribution >= 0.6 is 11.8 Å². The van der Waals surface area contributed by atoms with Gasteiger partial charge in [0.1, 0.15) is 0 Å². The highest BCUT2D eigenvalue weighted by Gasteiger charge is 2.41. The second-order valence-electron chi connectivity index (χ2n) is 5.92. The number of allylic oxidation sites excluding steroid dienone is 1. The average Bonchev–Trinajstić information content (AvgIpc) is 2.83. The largest absolute Gasteiger partial charge is 0.548 e. The van der Waals surface area contributed by atoms with Gasteiger partial charge in [-0.05, 0) is 32.6 Å². The molecule has 2 atom stereocenters. The van der Waals surface area contributed by atoms with Gasteiger partial charge < -0.3 is 14.8 Å². The highest BCUT2D eigenvalue weighted by molar-refractivity contribution is 8.00. The minimum Gasteiger partial charge on any atom is -0.548 e. The third-order valence-electron chi connectivity index (χ3n) is 4.03. The lowest BCUT2D eigenvalue weighted by molar-refractivity contribution is -0.310. The molecule has 1 saturated heterocycles. The molecule has 0 aromatic rings. The first kappa shape index (κ1) is 15.4. The Balaban J connectivity index is 2.19. The minimum atomic E-state index is -1.13. The van der Waals surface area contributed by atoms with Gasteiger partial charge in [0.25, 0.3) is 0 Å². The molecule has 0 N–H and O–H groups in total. The van der Waals surface area contributed by atoms with E-state index in [0.717, 1.165) is 18.4 Å². The molecule has 0 aromatic heterocycles. The van der Waals surface area contributed by atoms with Gasteiger partial charge in [-0.2, -0.15) is 0 Å². The van der Waals surface area contributed by atoms with Crippen LogP contribution in [-0.2, 0) is 9.59 Å². The minimum absolute atomic E-state index is 0.00120. The fourth-order valence-electron chi connectivity index (χ4n) is 3.09. The molecule has 1 amide bonds. The van der Waals surface area contributed by atoms with Crippen molar-refractivity contribution in [2.75, 3.05) is 5.75 Å². The molecule has 1 aliphatic heterocycles. The number of carbonyl (C=O) groups is 2. The number of hydrogen-bond donors (Lipinski definition) is 0. The number of aliphatic carboxylic acids is 1. The summed E-state index contributed by atoms with van der Waals surface area (Å²) < 4.78 is 0. The van der Waals surface area contributed by atoms with Crippen LogP contribution < -0.4 is 5.11 Å². The maximum atomic E-state index is 12.4. The van der Waals surface area contributed by atoms with Crippen molar-refractivity contribution >= 4 is 23.6 Å². The van der Waals surface area contributed by atoms with E-state index in [1.54, 1.807) is 16.7 Å². The average molecular weight is 296 g/mol. The summed E-state index contributed by atoms with van der Waals surface area (Å²) in [6.07, 6.45) is 7.34. The first-order valence-corrected chi connectivity index (χ1v) is 8.35. The van der Waals surface area contributed by atoms with E-state index in [2.05, 4.69) is 0 Å². The monoisotopic (exact) mass is 296 g/mol. The van der Waals surface area contributed by atoms with Crippen LogP contribution in [0.4, 0.5) is 0 Å². The van der Waals surface area contributed by atoms with Crippen molar-refractivity contribution in [1.29, 1.82) is 0 Å². The summed E-state index contributed by atoms with van der Waals surface area (Å²) in [5, 5.41) is 11.3. The fourth-order valence-corrected chi connectivity index (χ4v) is 4.72. The Bertz CT molecular complexity index is 411. The van der Waals surface area contributed by atoms with E-state index in [-0.39, 0.29) is 11.3 Å². The molecule has 2 rings (SSSR count). The van der Waals surface area contributed by atoms with Gasteiger partial charge in [0.2, 0.25) is 5.91 Å². The van der Waals surface area contributed by atoms with E-state index in [1.165, 1.54) is 25.3 Å². The summed E-state index contributed by atoms with van der Waals surface area (Å²) in [6.45, 7) is 3.70. The van der Waals surface area contributed by atoms with Gasteiger partial charge in [-0.15, -0.1) is 11.8 Å². The summed E-state index contributed by atoms with van der Waals surface area (Å²) in [5.41, 5.74) is 0.895.